The van der Waals surface area contributed by atoms with Crippen molar-refractivity contribution in [3.05, 3.63) is 18.0 Å². The molecule has 2 unspecified atom stereocenters. The molecule has 3 nitrogen and oxygen atoms in total. The largest absolute Gasteiger partial charge is 0.314 e. The summed E-state index contributed by atoms with van der Waals surface area (Å²) in [6, 6.07) is 0.716. The van der Waals surface area contributed by atoms with E-state index < -0.39 is 0 Å². The van der Waals surface area contributed by atoms with Crippen LogP contribution in [0.2, 0.25) is 0 Å². The molecule has 2 rings (SSSR count). The minimum Gasteiger partial charge on any atom is -0.314 e. The van der Waals surface area contributed by atoms with Crippen LogP contribution in [0.4, 0.5) is 0 Å². The first-order valence-corrected chi connectivity index (χ1v) is 7.09. The molecule has 1 aromatic rings. The predicted molar refractivity (Wildman–Crippen MR) is 71.2 cm³/mol. The van der Waals surface area contributed by atoms with Crippen LogP contribution < -0.4 is 5.32 Å². The average Bonchev–Trinajstić information content (AvgIpc) is 2.79. The van der Waals surface area contributed by atoms with Gasteiger partial charge in [0.05, 0.1) is 6.20 Å². The van der Waals surface area contributed by atoms with Crippen LogP contribution in [0.25, 0.3) is 0 Å². The maximum absolute atomic E-state index is 4.45. The highest BCUT2D eigenvalue weighted by atomic mass is 15.3. The molecule has 0 saturated heterocycles. The van der Waals surface area contributed by atoms with E-state index in [0.29, 0.717) is 6.04 Å². The van der Waals surface area contributed by atoms with Gasteiger partial charge < -0.3 is 5.32 Å². The highest BCUT2D eigenvalue weighted by molar-refractivity contribution is 5.13. The highest BCUT2D eigenvalue weighted by Crippen LogP contribution is 2.32. The van der Waals surface area contributed by atoms with Gasteiger partial charge in [0.1, 0.15) is 0 Å². The third-order valence-electron chi connectivity index (χ3n) is 3.74. The van der Waals surface area contributed by atoms with Gasteiger partial charge in [0.25, 0.3) is 0 Å². The molecule has 0 aliphatic heterocycles. The standard InChI is InChI=1S/C14H25N3/c1-3-8-17-11-13(10-16-17)12-6-5-7-14(9-12)15-4-2/h10-12,14-15H,3-9H2,1-2H3. The molecule has 0 spiro atoms. The number of nitrogens with zero attached hydrogens (tertiary/aromatic N) is 2. The van der Waals surface area contributed by atoms with E-state index in [-0.39, 0.29) is 0 Å². The molecule has 1 N–H and O–H groups in total. The number of hydrogen-bond acceptors (Lipinski definition) is 2. The Morgan fingerprint density at radius 3 is 3.06 bits per heavy atom. The Kier molecular flexibility index (Phi) is 4.60. The van der Waals surface area contributed by atoms with Crippen molar-refractivity contribution in [3.8, 4) is 0 Å². The summed E-state index contributed by atoms with van der Waals surface area (Å²) in [7, 11) is 0. The molecule has 1 heterocycles. The third kappa shape index (κ3) is 3.32. The SMILES string of the molecule is CCCn1cc(C2CCCC(NCC)C2)cn1. The summed E-state index contributed by atoms with van der Waals surface area (Å²) in [6.45, 7) is 6.53. The Balaban J connectivity index is 1.95. The number of nitrogens with one attached hydrogen (secondary N) is 1. The second kappa shape index (κ2) is 6.20. The van der Waals surface area contributed by atoms with E-state index >= 15 is 0 Å². The first kappa shape index (κ1) is 12.6. The fourth-order valence-corrected chi connectivity index (χ4v) is 2.91. The second-order valence-corrected chi connectivity index (χ2v) is 5.15. The van der Waals surface area contributed by atoms with E-state index in [2.05, 4.69) is 41.3 Å². The summed E-state index contributed by atoms with van der Waals surface area (Å²) in [5, 5.41) is 8.04. The molecule has 17 heavy (non-hydrogen) atoms. The minimum absolute atomic E-state index is 0.716. The number of hydrogen-bond donors (Lipinski definition) is 1. The number of rotatable bonds is 5. The van der Waals surface area contributed by atoms with E-state index in [9.17, 15) is 0 Å². The molecule has 0 aromatic carbocycles. The van der Waals surface area contributed by atoms with Gasteiger partial charge in [-0.2, -0.15) is 5.10 Å². The van der Waals surface area contributed by atoms with Crippen LogP contribution in [0, 0.1) is 0 Å². The fraction of sp³-hybridized carbons (Fsp3) is 0.786. The van der Waals surface area contributed by atoms with Crippen molar-refractivity contribution in [2.45, 2.75) is 64.5 Å². The van der Waals surface area contributed by atoms with Crippen molar-refractivity contribution >= 4 is 0 Å². The Hall–Kier alpha value is -0.830. The topological polar surface area (TPSA) is 29.9 Å². The highest BCUT2D eigenvalue weighted by Gasteiger charge is 2.23. The number of aromatic nitrogens is 2. The Bertz CT molecular complexity index is 330. The first-order chi connectivity index (χ1) is 8.33. The molecule has 1 fully saturated rings. The fourth-order valence-electron chi connectivity index (χ4n) is 2.91. The molecule has 0 bridgehead atoms. The van der Waals surface area contributed by atoms with Crippen molar-refractivity contribution in [1.29, 1.82) is 0 Å². The van der Waals surface area contributed by atoms with E-state index in [1.54, 1.807) is 0 Å². The first-order valence-electron chi connectivity index (χ1n) is 7.09. The lowest BCUT2D eigenvalue weighted by Gasteiger charge is -2.29. The molecule has 96 valence electrons. The van der Waals surface area contributed by atoms with Gasteiger partial charge in [0.15, 0.2) is 0 Å². The maximum atomic E-state index is 4.45. The summed E-state index contributed by atoms with van der Waals surface area (Å²) >= 11 is 0. The Morgan fingerprint density at radius 1 is 1.41 bits per heavy atom. The average molecular weight is 235 g/mol. The molecule has 1 saturated carbocycles. The van der Waals surface area contributed by atoms with E-state index in [4.69, 9.17) is 0 Å². The summed E-state index contributed by atoms with van der Waals surface area (Å²) in [5.74, 6) is 0.721. The smallest absolute Gasteiger partial charge is 0.0524 e. The van der Waals surface area contributed by atoms with Crippen LogP contribution in [0.1, 0.15) is 57.4 Å². The van der Waals surface area contributed by atoms with Gasteiger partial charge in [0, 0.05) is 18.8 Å². The van der Waals surface area contributed by atoms with Gasteiger partial charge in [0.2, 0.25) is 0 Å². The molecule has 1 aliphatic rings. The van der Waals surface area contributed by atoms with Crippen molar-refractivity contribution in [1.82, 2.24) is 15.1 Å². The molecular formula is C14H25N3. The second-order valence-electron chi connectivity index (χ2n) is 5.15. The van der Waals surface area contributed by atoms with Gasteiger partial charge >= 0.3 is 0 Å². The summed E-state index contributed by atoms with van der Waals surface area (Å²) < 4.78 is 2.09. The van der Waals surface area contributed by atoms with E-state index in [1.807, 2.05) is 0 Å². The van der Waals surface area contributed by atoms with Gasteiger partial charge in [-0.15, -0.1) is 0 Å². The zero-order valence-electron chi connectivity index (χ0n) is 11.2. The normalized spacial score (nSPS) is 25.1. The van der Waals surface area contributed by atoms with Crippen LogP contribution in [-0.2, 0) is 6.54 Å². The predicted octanol–water partition coefficient (Wildman–Crippen LogP) is 2.93. The van der Waals surface area contributed by atoms with Crippen molar-refractivity contribution in [2.24, 2.45) is 0 Å². The van der Waals surface area contributed by atoms with Crippen molar-refractivity contribution in [2.75, 3.05) is 6.54 Å². The van der Waals surface area contributed by atoms with Crippen LogP contribution in [0.3, 0.4) is 0 Å². The van der Waals surface area contributed by atoms with E-state index in [0.717, 1.165) is 25.4 Å². The third-order valence-corrected chi connectivity index (χ3v) is 3.74. The van der Waals surface area contributed by atoms with Crippen LogP contribution in [-0.4, -0.2) is 22.4 Å². The van der Waals surface area contributed by atoms with Gasteiger partial charge in [-0.3, -0.25) is 4.68 Å². The van der Waals surface area contributed by atoms with E-state index in [1.165, 1.54) is 31.2 Å². The molecule has 1 aliphatic carbocycles. The monoisotopic (exact) mass is 235 g/mol. The lowest BCUT2D eigenvalue weighted by molar-refractivity contribution is 0.344. The van der Waals surface area contributed by atoms with Crippen LogP contribution in [0.15, 0.2) is 12.4 Å². The van der Waals surface area contributed by atoms with Crippen LogP contribution >= 0.6 is 0 Å². The van der Waals surface area contributed by atoms with Gasteiger partial charge in [-0.05, 0) is 43.7 Å². The number of aryl methyl sites for hydroxylation is 1. The lowest BCUT2D eigenvalue weighted by Crippen LogP contribution is -2.33. The molecule has 0 radical (unpaired) electrons. The van der Waals surface area contributed by atoms with Gasteiger partial charge in [-0.25, -0.2) is 0 Å². The zero-order chi connectivity index (χ0) is 12.1. The lowest BCUT2D eigenvalue weighted by atomic mass is 9.82. The Labute approximate surface area is 105 Å². The Morgan fingerprint density at radius 2 is 2.29 bits per heavy atom. The zero-order valence-corrected chi connectivity index (χ0v) is 11.2. The molecule has 3 heteroatoms. The molecule has 2 atom stereocenters. The summed E-state index contributed by atoms with van der Waals surface area (Å²) in [5.41, 5.74) is 1.45. The van der Waals surface area contributed by atoms with Crippen molar-refractivity contribution in [3.63, 3.8) is 0 Å². The van der Waals surface area contributed by atoms with Crippen LogP contribution in [0.5, 0.6) is 0 Å². The maximum Gasteiger partial charge on any atom is 0.0524 e. The molecule has 0 amide bonds. The quantitative estimate of drug-likeness (QED) is 0.850. The molecular weight excluding hydrogens is 210 g/mol. The van der Waals surface area contributed by atoms with Crippen molar-refractivity contribution < 1.29 is 0 Å². The summed E-state index contributed by atoms with van der Waals surface area (Å²) in [4.78, 5) is 0. The molecule has 1 aromatic heterocycles. The summed E-state index contributed by atoms with van der Waals surface area (Å²) in [6.07, 6.45) is 10.8. The minimum atomic E-state index is 0.716. The van der Waals surface area contributed by atoms with Gasteiger partial charge in [-0.1, -0.05) is 20.3 Å².